The molecule has 0 radical (unpaired) electrons. The smallest absolute Gasteiger partial charge is 0.324 e. The Morgan fingerprint density at radius 3 is 2.86 bits per heavy atom. The molecular weight excluding hydrogens is 184 g/mol. The molecule has 1 atom stereocenters. The molecule has 14 heavy (non-hydrogen) atoms. The minimum atomic E-state index is -0.585. The molecule has 1 aromatic rings. The molecular formula is C8H14N4O2. The fourth-order valence-corrected chi connectivity index (χ4v) is 0.800. The second-order valence-corrected chi connectivity index (χ2v) is 3.30. The Labute approximate surface area is 82.0 Å². The predicted octanol–water partition coefficient (Wildman–Crippen LogP) is -0.238. The number of nitrogens with zero attached hydrogens (tertiary/aromatic N) is 3. The van der Waals surface area contributed by atoms with Crippen LogP contribution in [0.15, 0.2) is 12.4 Å². The van der Waals surface area contributed by atoms with Gasteiger partial charge in [0.25, 0.3) is 0 Å². The fourth-order valence-electron chi connectivity index (χ4n) is 0.800. The fraction of sp³-hybridized carbons (Fsp3) is 0.625. The zero-order valence-electron chi connectivity index (χ0n) is 8.25. The molecule has 0 bridgehead atoms. The average molecular weight is 198 g/mol. The van der Waals surface area contributed by atoms with Crippen molar-refractivity contribution in [2.75, 3.05) is 0 Å². The van der Waals surface area contributed by atoms with Gasteiger partial charge in [0.1, 0.15) is 6.04 Å². The van der Waals surface area contributed by atoms with Crippen LogP contribution in [0.25, 0.3) is 0 Å². The number of rotatable bonds is 4. The summed E-state index contributed by atoms with van der Waals surface area (Å²) in [5.74, 6) is -0.353. The van der Waals surface area contributed by atoms with E-state index in [1.54, 1.807) is 6.20 Å². The van der Waals surface area contributed by atoms with E-state index >= 15 is 0 Å². The van der Waals surface area contributed by atoms with Gasteiger partial charge in [0, 0.05) is 6.20 Å². The average Bonchev–Trinajstić information content (AvgIpc) is 2.65. The molecule has 0 saturated carbocycles. The Morgan fingerprint density at radius 1 is 1.64 bits per heavy atom. The van der Waals surface area contributed by atoms with E-state index in [1.807, 2.05) is 13.8 Å². The zero-order valence-corrected chi connectivity index (χ0v) is 8.25. The van der Waals surface area contributed by atoms with E-state index in [4.69, 9.17) is 10.5 Å². The first kappa shape index (κ1) is 10.6. The second-order valence-electron chi connectivity index (χ2n) is 3.30. The number of hydrogen-bond donors (Lipinski definition) is 1. The van der Waals surface area contributed by atoms with Crippen LogP contribution in [0.2, 0.25) is 0 Å². The van der Waals surface area contributed by atoms with Crippen molar-refractivity contribution in [3.63, 3.8) is 0 Å². The molecule has 0 amide bonds. The number of aromatic nitrogens is 3. The van der Waals surface area contributed by atoms with E-state index in [2.05, 4.69) is 10.3 Å². The highest BCUT2D eigenvalue weighted by atomic mass is 16.5. The summed E-state index contributed by atoms with van der Waals surface area (Å²) in [6.07, 6.45) is 3.12. The molecule has 1 heterocycles. The van der Waals surface area contributed by atoms with Crippen LogP contribution in [-0.2, 0) is 16.3 Å². The maximum atomic E-state index is 11.3. The van der Waals surface area contributed by atoms with Crippen LogP contribution < -0.4 is 5.73 Å². The van der Waals surface area contributed by atoms with Gasteiger partial charge < -0.3 is 10.5 Å². The van der Waals surface area contributed by atoms with Gasteiger partial charge in [0.2, 0.25) is 0 Å². The largest absolute Gasteiger partial charge is 0.441 e. The van der Waals surface area contributed by atoms with Crippen molar-refractivity contribution in [3.8, 4) is 0 Å². The first-order valence-corrected chi connectivity index (χ1v) is 4.37. The van der Waals surface area contributed by atoms with Crippen molar-refractivity contribution in [2.24, 2.45) is 11.7 Å². The van der Waals surface area contributed by atoms with Gasteiger partial charge in [-0.05, 0) is 5.92 Å². The Hall–Kier alpha value is -1.43. The van der Waals surface area contributed by atoms with Gasteiger partial charge in [0.05, 0.1) is 6.20 Å². The Kier molecular flexibility index (Phi) is 3.58. The standard InChI is InChI=1S/C8H14N4O2/c1-6(2)7(9)8(13)14-5-12-4-3-10-11-12/h3-4,6-7H,5,9H2,1-2H3. The first-order valence-electron chi connectivity index (χ1n) is 4.37. The summed E-state index contributed by atoms with van der Waals surface area (Å²) >= 11 is 0. The molecule has 0 aromatic carbocycles. The number of hydrogen-bond acceptors (Lipinski definition) is 5. The maximum Gasteiger partial charge on any atom is 0.324 e. The molecule has 1 unspecified atom stereocenters. The highest BCUT2D eigenvalue weighted by molar-refractivity contribution is 5.75. The molecule has 0 aliphatic heterocycles. The lowest BCUT2D eigenvalue weighted by molar-refractivity contribution is -0.150. The molecule has 6 nitrogen and oxygen atoms in total. The van der Waals surface area contributed by atoms with Gasteiger partial charge in [-0.1, -0.05) is 19.1 Å². The monoisotopic (exact) mass is 198 g/mol. The number of esters is 1. The topological polar surface area (TPSA) is 83.0 Å². The third-order valence-electron chi connectivity index (χ3n) is 1.80. The van der Waals surface area contributed by atoms with Gasteiger partial charge >= 0.3 is 5.97 Å². The van der Waals surface area contributed by atoms with Crippen LogP contribution in [0.3, 0.4) is 0 Å². The van der Waals surface area contributed by atoms with Crippen molar-refractivity contribution in [1.29, 1.82) is 0 Å². The van der Waals surface area contributed by atoms with Crippen LogP contribution in [0.4, 0.5) is 0 Å². The van der Waals surface area contributed by atoms with Crippen molar-refractivity contribution >= 4 is 5.97 Å². The van der Waals surface area contributed by atoms with Crippen LogP contribution in [-0.4, -0.2) is 27.0 Å². The van der Waals surface area contributed by atoms with Crippen LogP contribution in [0.5, 0.6) is 0 Å². The predicted molar refractivity (Wildman–Crippen MR) is 48.9 cm³/mol. The van der Waals surface area contributed by atoms with Gasteiger partial charge in [-0.2, -0.15) is 0 Å². The van der Waals surface area contributed by atoms with Crippen LogP contribution >= 0.6 is 0 Å². The van der Waals surface area contributed by atoms with Crippen molar-refractivity contribution in [3.05, 3.63) is 12.4 Å². The molecule has 1 aromatic heterocycles. The normalized spacial score (nSPS) is 12.9. The summed E-state index contributed by atoms with van der Waals surface area (Å²) in [7, 11) is 0. The zero-order chi connectivity index (χ0) is 10.6. The van der Waals surface area contributed by atoms with Crippen LogP contribution in [0.1, 0.15) is 13.8 Å². The lowest BCUT2D eigenvalue weighted by Gasteiger charge is -2.13. The highest BCUT2D eigenvalue weighted by Gasteiger charge is 2.18. The number of ether oxygens (including phenoxy) is 1. The molecule has 2 N–H and O–H groups in total. The molecule has 0 saturated heterocycles. The van der Waals surface area contributed by atoms with E-state index in [-0.39, 0.29) is 12.6 Å². The van der Waals surface area contributed by atoms with Gasteiger partial charge in [-0.3, -0.25) is 4.79 Å². The molecule has 0 fully saturated rings. The summed E-state index contributed by atoms with van der Waals surface area (Å²) in [6.45, 7) is 3.78. The van der Waals surface area contributed by atoms with E-state index in [9.17, 15) is 4.79 Å². The minimum absolute atomic E-state index is 0.0548. The van der Waals surface area contributed by atoms with E-state index < -0.39 is 12.0 Å². The number of carbonyl (C=O) groups excluding carboxylic acids is 1. The summed E-state index contributed by atoms with van der Waals surface area (Å²) in [5.41, 5.74) is 5.58. The lowest BCUT2D eigenvalue weighted by Crippen LogP contribution is -2.37. The molecule has 78 valence electrons. The summed E-state index contributed by atoms with van der Waals surface area (Å²) in [4.78, 5) is 11.3. The third-order valence-corrected chi connectivity index (χ3v) is 1.80. The van der Waals surface area contributed by atoms with E-state index in [0.717, 1.165) is 0 Å². The molecule has 0 aliphatic carbocycles. The Balaban J connectivity index is 2.35. The van der Waals surface area contributed by atoms with Crippen molar-refractivity contribution in [2.45, 2.75) is 26.6 Å². The number of carbonyl (C=O) groups is 1. The molecule has 1 rings (SSSR count). The van der Waals surface area contributed by atoms with Gasteiger partial charge in [-0.25, -0.2) is 4.68 Å². The SMILES string of the molecule is CC(C)C(N)C(=O)OCn1ccnn1. The maximum absolute atomic E-state index is 11.3. The summed E-state index contributed by atoms with van der Waals surface area (Å²) in [5, 5.41) is 7.21. The molecule has 6 heteroatoms. The van der Waals surface area contributed by atoms with E-state index in [1.165, 1.54) is 10.9 Å². The molecule has 0 spiro atoms. The van der Waals surface area contributed by atoms with Gasteiger partial charge in [0.15, 0.2) is 6.73 Å². The van der Waals surface area contributed by atoms with E-state index in [0.29, 0.717) is 0 Å². The Morgan fingerprint density at radius 2 is 2.36 bits per heavy atom. The first-order chi connectivity index (χ1) is 6.61. The van der Waals surface area contributed by atoms with Crippen molar-refractivity contribution in [1.82, 2.24) is 15.0 Å². The van der Waals surface area contributed by atoms with Gasteiger partial charge in [-0.15, -0.1) is 5.10 Å². The summed E-state index contributed by atoms with van der Waals surface area (Å²) in [6, 6.07) is -0.585. The van der Waals surface area contributed by atoms with Crippen LogP contribution in [0, 0.1) is 5.92 Å². The third kappa shape index (κ3) is 2.81. The number of nitrogens with two attached hydrogens (primary N) is 1. The summed E-state index contributed by atoms with van der Waals surface area (Å²) < 4.78 is 6.31. The minimum Gasteiger partial charge on any atom is -0.441 e. The quantitative estimate of drug-likeness (QED) is 0.675. The Bertz CT molecular complexity index is 284. The highest BCUT2D eigenvalue weighted by Crippen LogP contribution is 2.00. The molecule has 0 aliphatic rings. The second kappa shape index (κ2) is 4.71. The lowest BCUT2D eigenvalue weighted by atomic mass is 10.1. The van der Waals surface area contributed by atoms with Crippen molar-refractivity contribution < 1.29 is 9.53 Å².